The normalized spacial score (nSPS) is 11.3. The number of rotatable bonds is 5. The van der Waals surface area contributed by atoms with Crippen LogP contribution in [-0.4, -0.2) is 40.8 Å². The second-order valence-corrected chi connectivity index (χ2v) is 3.81. The number of aromatic carboxylic acids is 1. The second kappa shape index (κ2) is 4.93. The maximum absolute atomic E-state index is 10.5. The lowest BCUT2D eigenvalue weighted by Crippen LogP contribution is -2.28. The maximum atomic E-state index is 10.5. The molecule has 0 spiro atoms. The summed E-state index contributed by atoms with van der Waals surface area (Å²) in [5.41, 5.74) is -0.0304. The van der Waals surface area contributed by atoms with Gasteiger partial charge in [0.05, 0.1) is 0 Å². The molecule has 0 aliphatic rings. The van der Waals surface area contributed by atoms with Gasteiger partial charge in [0.25, 0.3) is 0 Å². The maximum Gasteiger partial charge on any atom is 0.358 e. The van der Waals surface area contributed by atoms with E-state index in [4.69, 9.17) is 9.63 Å². The summed E-state index contributed by atoms with van der Waals surface area (Å²) in [6.07, 6.45) is 0.676. The summed E-state index contributed by atoms with van der Waals surface area (Å²) in [5, 5.41) is 12.1. The van der Waals surface area contributed by atoms with Gasteiger partial charge in [0, 0.05) is 25.1 Å². The monoisotopic (exact) mass is 212 g/mol. The molecular weight excluding hydrogens is 196 g/mol. The first-order valence-electron chi connectivity index (χ1n) is 4.90. The van der Waals surface area contributed by atoms with Crippen molar-refractivity contribution in [1.82, 2.24) is 10.1 Å². The number of nitrogens with zero attached hydrogens (tertiary/aromatic N) is 2. The molecular formula is C10H16N2O3. The number of carbonyl (C=O) groups is 1. The Morgan fingerprint density at radius 1 is 1.67 bits per heavy atom. The van der Waals surface area contributed by atoms with Crippen molar-refractivity contribution in [2.24, 2.45) is 0 Å². The van der Waals surface area contributed by atoms with E-state index in [1.165, 1.54) is 6.07 Å². The Balaban J connectivity index is 2.48. The highest BCUT2D eigenvalue weighted by atomic mass is 16.5. The third-order valence-electron chi connectivity index (χ3n) is 2.37. The molecule has 1 heterocycles. The number of carboxylic acid groups (broad SMARTS) is 1. The van der Waals surface area contributed by atoms with E-state index < -0.39 is 5.97 Å². The van der Waals surface area contributed by atoms with Crippen molar-refractivity contribution < 1.29 is 14.4 Å². The molecule has 84 valence electrons. The van der Waals surface area contributed by atoms with Crippen LogP contribution in [0.15, 0.2) is 10.6 Å². The minimum absolute atomic E-state index is 0.0304. The topological polar surface area (TPSA) is 66.6 Å². The van der Waals surface area contributed by atoms with E-state index in [1.807, 2.05) is 7.05 Å². The Bertz CT molecular complexity index is 333. The fraction of sp³-hybridized carbons (Fsp3) is 0.600. The molecule has 1 aromatic rings. The van der Waals surface area contributed by atoms with Crippen molar-refractivity contribution in [3.8, 4) is 0 Å². The van der Waals surface area contributed by atoms with Gasteiger partial charge in [-0.3, -0.25) is 0 Å². The third kappa shape index (κ3) is 3.36. The molecule has 0 bridgehead atoms. The predicted molar refractivity (Wildman–Crippen MR) is 54.9 cm³/mol. The highest BCUT2D eigenvalue weighted by Crippen LogP contribution is 2.05. The van der Waals surface area contributed by atoms with Crippen LogP contribution in [0.25, 0.3) is 0 Å². The number of hydrogen-bond donors (Lipinski definition) is 1. The van der Waals surface area contributed by atoms with Crippen molar-refractivity contribution in [3.63, 3.8) is 0 Å². The fourth-order valence-electron chi connectivity index (χ4n) is 1.08. The summed E-state index contributed by atoms with van der Waals surface area (Å²) in [5.74, 6) is -0.442. The first-order valence-corrected chi connectivity index (χ1v) is 4.90. The van der Waals surface area contributed by atoms with Crippen molar-refractivity contribution in [1.29, 1.82) is 0 Å². The third-order valence-corrected chi connectivity index (χ3v) is 2.37. The zero-order valence-corrected chi connectivity index (χ0v) is 9.23. The van der Waals surface area contributed by atoms with Crippen LogP contribution in [-0.2, 0) is 6.42 Å². The first-order chi connectivity index (χ1) is 7.00. The number of likely N-dealkylation sites (N-methyl/N-ethyl adjacent to an activating group) is 1. The van der Waals surface area contributed by atoms with Gasteiger partial charge < -0.3 is 14.5 Å². The van der Waals surface area contributed by atoms with E-state index in [9.17, 15) is 4.79 Å². The van der Waals surface area contributed by atoms with Gasteiger partial charge in [0.2, 0.25) is 0 Å². The van der Waals surface area contributed by atoms with E-state index in [0.29, 0.717) is 18.2 Å². The zero-order chi connectivity index (χ0) is 11.4. The molecule has 0 aliphatic carbocycles. The number of carboxylic acids is 1. The van der Waals surface area contributed by atoms with Crippen LogP contribution in [0, 0.1) is 0 Å². The molecule has 1 N–H and O–H groups in total. The Morgan fingerprint density at radius 3 is 2.80 bits per heavy atom. The number of aromatic nitrogens is 1. The molecule has 1 rings (SSSR count). The summed E-state index contributed by atoms with van der Waals surface area (Å²) < 4.78 is 4.90. The minimum atomic E-state index is -1.05. The lowest BCUT2D eigenvalue weighted by molar-refractivity contribution is 0.0685. The van der Waals surface area contributed by atoms with Gasteiger partial charge in [-0.15, -0.1) is 0 Å². The molecule has 0 unspecified atom stereocenters. The zero-order valence-electron chi connectivity index (χ0n) is 9.23. The SMILES string of the molecule is CC(C)N(C)CCc1cc(C(=O)O)no1. The van der Waals surface area contributed by atoms with Crippen LogP contribution in [0.1, 0.15) is 30.1 Å². The summed E-state index contributed by atoms with van der Waals surface area (Å²) in [6, 6.07) is 1.93. The summed E-state index contributed by atoms with van der Waals surface area (Å²) in [7, 11) is 2.01. The van der Waals surface area contributed by atoms with E-state index in [1.54, 1.807) is 0 Å². The van der Waals surface area contributed by atoms with Crippen molar-refractivity contribution in [2.75, 3.05) is 13.6 Å². The van der Waals surface area contributed by atoms with Crippen molar-refractivity contribution >= 4 is 5.97 Å². The van der Waals surface area contributed by atoms with Gasteiger partial charge in [-0.05, 0) is 20.9 Å². The van der Waals surface area contributed by atoms with Gasteiger partial charge in [-0.2, -0.15) is 0 Å². The molecule has 0 amide bonds. The summed E-state index contributed by atoms with van der Waals surface area (Å²) >= 11 is 0. The van der Waals surface area contributed by atoms with Gasteiger partial charge in [-0.1, -0.05) is 5.16 Å². The molecule has 5 heteroatoms. The standard InChI is InChI=1S/C10H16N2O3/c1-7(2)12(3)5-4-8-6-9(10(13)14)11-15-8/h6-7H,4-5H2,1-3H3,(H,13,14). The molecule has 15 heavy (non-hydrogen) atoms. The molecule has 0 aliphatic heterocycles. The molecule has 0 fully saturated rings. The van der Waals surface area contributed by atoms with E-state index in [2.05, 4.69) is 23.9 Å². The summed E-state index contributed by atoms with van der Waals surface area (Å²) in [4.78, 5) is 12.7. The molecule has 0 saturated carbocycles. The number of hydrogen-bond acceptors (Lipinski definition) is 4. The van der Waals surface area contributed by atoms with Crippen LogP contribution >= 0.6 is 0 Å². The molecule has 5 nitrogen and oxygen atoms in total. The van der Waals surface area contributed by atoms with Gasteiger partial charge in [-0.25, -0.2) is 4.79 Å². The Kier molecular flexibility index (Phi) is 3.85. The van der Waals surface area contributed by atoms with Crippen molar-refractivity contribution in [3.05, 3.63) is 17.5 Å². The van der Waals surface area contributed by atoms with Gasteiger partial charge in [0.1, 0.15) is 5.76 Å². The highest BCUT2D eigenvalue weighted by molar-refractivity contribution is 5.85. The smallest absolute Gasteiger partial charge is 0.358 e. The van der Waals surface area contributed by atoms with E-state index in [-0.39, 0.29) is 5.69 Å². The fourth-order valence-corrected chi connectivity index (χ4v) is 1.08. The van der Waals surface area contributed by atoms with Crippen molar-refractivity contribution in [2.45, 2.75) is 26.3 Å². The Hall–Kier alpha value is -1.36. The van der Waals surface area contributed by atoms with Crippen LogP contribution in [0.2, 0.25) is 0 Å². The second-order valence-electron chi connectivity index (χ2n) is 3.81. The largest absolute Gasteiger partial charge is 0.476 e. The summed E-state index contributed by atoms with van der Waals surface area (Å²) in [6.45, 7) is 5.03. The van der Waals surface area contributed by atoms with E-state index >= 15 is 0 Å². The van der Waals surface area contributed by atoms with Crippen LogP contribution in [0.3, 0.4) is 0 Å². The highest BCUT2D eigenvalue weighted by Gasteiger charge is 2.11. The first kappa shape index (κ1) is 11.7. The molecule has 0 saturated heterocycles. The molecule has 1 aromatic heterocycles. The van der Waals surface area contributed by atoms with Gasteiger partial charge in [0.15, 0.2) is 5.69 Å². The quantitative estimate of drug-likeness (QED) is 0.795. The van der Waals surface area contributed by atoms with Crippen LogP contribution in [0.4, 0.5) is 0 Å². The lowest BCUT2D eigenvalue weighted by Gasteiger charge is -2.19. The lowest BCUT2D eigenvalue weighted by atomic mass is 10.2. The van der Waals surface area contributed by atoms with Crippen LogP contribution in [0.5, 0.6) is 0 Å². The minimum Gasteiger partial charge on any atom is -0.476 e. The predicted octanol–water partition coefficient (Wildman–Crippen LogP) is 1.26. The van der Waals surface area contributed by atoms with E-state index in [0.717, 1.165) is 6.54 Å². The molecule has 0 radical (unpaired) electrons. The van der Waals surface area contributed by atoms with Crippen LogP contribution < -0.4 is 0 Å². The Morgan fingerprint density at radius 2 is 2.33 bits per heavy atom. The average molecular weight is 212 g/mol. The average Bonchev–Trinajstić information content (AvgIpc) is 2.62. The Labute approximate surface area is 88.7 Å². The molecule has 0 aromatic carbocycles. The molecule has 0 atom stereocenters. The van der Waals surface area contributed by atoms with Gasteiger partial charge >= 0.3 is 5.97 Å².